The Labute approximate surface area is 97.3 Å². The molecule has 0 spiro atoms. The number of Topliss-reactive ketones (excluding diaryl/α,β-unsaturated/α-hetero) is 1. The summed E-state index contributed by atoms with van der Waals surface area (Å²) in [5.74, 6) is 0.0822. The van der Waals surface area contributed by atoms with E-state index in [4.69, 9.17) is 11.6 Å². The van der Waals surface area contributed by atoms with Crippen LogP contribution in [0.2, 0.25) is 5.02 Å². The van der Waals surface area contributed by atoms with Crippen LogP contribution in [-0.2, 0) is 0 Å². The minimum absolute atomic E-state index is 0.0822. The van der Waals surface area contributed by atoms with Gasteiger partial charge in [0, 0.05) is 5.56 Å². The van der Waals surface area contributed by atoms with E-state index in [-0.39, 0.29) is 5.78 Å². The van der Waals surface area contributed by atoms with Crippen LogP contribution in [0.5, 0.6) is 0 Å². The Morgan fingerprint density at radius 2 is 1.87 bits per heavy atom. The molecular formula is C12H9ClOS. The monoisotopic (exact) mass is 236 g/mol. The first-order chi connectivity index (χ1) is 7.18. The highest BCUT2D eigenvalue weighted by Gasteiger charge is 2.05. The lowest BCUT2D eigenvalue weighted by atomic mass is 10.1. The summed E-state index contributed by atoms with van der Waals surface area (Å²) in [6.07, 6.45) is 0. The van der Waals surface area contributed by atoms with Crippen molar-refractivity contribution in [3.05, 3.63) is 46.3 Å². The molecule has 15 heavy (non-hydrogen) atoms. The van der Waals surface area contributed by atoms with E-state index >= 15 is 0 Å². The molecule has 1 aromatic heterocycles. The fourth-order valence-corrected chi connectivity index (χ4v) is 2.53. The Morgan fingerprint density at radius 1 is 1.20 bits per heavy atom. The molecule has 1 aromatic carbocycles. The van der Waals surface area contributed by atoms with Crippen molar-refractivity contribution >= 4 is 28.7 Å². The van der Waals surface area contributed by atoms with Gasteiger partial charge in [-0.2, -0.15) is 0 Å². The van der Waals surface area contributed by atoms with Gasteiger partial charge in [0.2, 0.25) is 0 Å². The third-order valence-electron chi connectivity index (χ3n) is 2.17. The van der Waals surface area contributed by atoms with E-state index in [1.54, 1.807) is 18.3 Å². The summed E-state index contributed by atoms with van der Waals surface area (Å²) in [4.78, 5) is 12.1. The molecule has 0 aliphatic carbocycles. The van der Waals surface area contributed by atoms with Crippen LogP contribution >= 0.6 is 22.9 Å². The Kier molecular flexibility index (Phi) is 2.89. The van der Waals surface area contributed by atoms with Crippen molar-refractivity contribution in [2.24, 2.45) is 0 Å². The van der Waals surface area contributed by atoms with E-state index in [1.165, 1.54) is 0 Å². The van der Waals surface area contributed by atoms with E-state index < -0.39 is 0 Å². The lowest BCUT2D eigenvalue weighted by Gasteiger charge is -2.00. The number of thiophene rings is 1. The van der Waals surface area contributed by atoms with E-state index in [0.717, 1.165) is 21.0 Å². The average molecular weight is 237 g/mol. The minimum Gasteiger partial charge on any atom is -0.295 e. The zero-order chi connectivity index (χ0) is 10.8. The average Bonchev–Trinajstić information content (AvgIpc) is 2.65. The fourth-order valence-electron chi connectivity index (χ4n) is 1.36. The second-order valence-corrected chi connectivity index (χ2v) is 4.55. The quantitative estimate of drug-likeness (QED) is 0.712. The smallest absolute Gasteiger partial charge is 0.159 e. The lowest BCUT2D eigenvalue weighted by Crippen LogP contribution is -1.90. The molecule has 1 heterocycles. The SMILES string of the molecule is CC(=O)c1ccc(-c2sccc2Cl)cc1. The number of rotatable bonds is 2. The summed E-state index contributed by atoms with van der Waals surface area (Å²) in [6, 6.07) is 9.38. The molecule has 0 amide bonds. The summed E-state index contributed by atoms with van der Waals surface area (Å²) < 4.78 is 0. The third kappa shape index (κ3) is 2.11. The molecule has 0 unspecified atom stereocenters. The van der Waals surface area contributed by atoms with Crippen LogP contribution in [0.3, 0.4) is 0 Å². The molecule has 2 aromatic rings. The van der Waals surface area contributed by atoms with Crippen molar-refractivity contribution in [1.29, 1.82) is 0 Å². The van der Waals surface area contributed by atoms with Crippen molar-refractivity contribution in [2.45, 2.75) is 6.92 Å². The number of benzene rings is 1. The van der Waals surface area contributed by atoms with Crippen LogP contribution < -0.4 is 0 Å². The summed E-state index contributed by atoms with van der Waals surface area (Å²) in [7, 11) is 0. The second kappa shape index (κ2) is 4.17. The van der Waals surface area contributed by atoms with Gasteiger partial charge < -0.3 is 0 Å². The molecule has 0 atom stereocenters. The summed E-state index contributed by atoms with van der Waals surface area (Å²) in [6.45, 7) is 1.56. The predicted molar refractivity (Wildman–Crippen MR) is 64.8 cm³/mol. The van der Waals surface area contributed by atoms with Gasteiger partial charge in [-0.25, -0.2) is 0 Å². The van der Waals surface area contributed by atoms with Crippen LogP contribution in [0.25, 0.3) is 10.4 Å². The molecule has 0 bridgehead atoms. The van der Waals surface area contributed by atoms with Crippen LogP contribution in [0.4, 0.5) is 0 Å². The first-order valence-corrected chi connectivity index (χ1v) is 5.78. The predicted octanol–water partition coefficient (Wildman–Crippen LogP) is 4.27. The standard InChI is InChI=1S/C12H9ClOS/c1-8(14)9-2-4-10(5-3-9)12-11(13)6-7-15-12/h2-7H,1H3. The van der Waals surface area contributed by atoms with Gasteiger partial charge in [-0.1, -0.05) is 35.9 Å². The van der Waals surface area contributed by atoms with Gasteiger partial charge in [-0.05, 0) is 23.9 Å². The topological polar surface area (TPSA) is 17.1 Å². The molecule has 76 valence electrons. The normalized spacial score (nSPS) is 10.3. The highest BCUT2D eigenvalue weighted by Crippen LogP contribution is 2.33. The first-order valence-electron chi connectivity index (χ1n) is 4.53. The van der Waals surface area contributed by atoms with Gasteiger partial charge in [0.1, 0.15) is 0 Å². The van der Waals surface area contributed by atoms with Crippen molar-refractivity contribution in [2.75, 3.05) is 0 Å². The second-order valence-electron chi connectivity index (χ2n) is 3.23. The van der Waals surface area contributed by atoms with Gasteiger partial charge in [0.15, 0.2) is 5.78 Å². The van der Waals surface area contributed by atoms with Crippen LogP contribution in [0.15, 0.2) is 35.7 Å². The maximum absolute atomic E-state index is 11.1. The number of hydrogen-bond donors (Lipinski definition) is 0. The van der Waals surface area contributed by atoms with Crippen LogP contribution in [-0.4, -0.2) is 5.78 Å². The van der Waals surface area contributed by atoms with Crippen molar-refractivity contribution < 1.29 is 4.79 Å². The largest absolute Gasteiger partial charge is 0.295 e. The molecule has 2 rings (SSSR count). The molecule has 0 saturated heterocycles. The molecule has 0 radical (unpaired) electrons. The highest BCUT2D eigenvalue weighted by atomic mass is 35.5. The summed E-state index contributed by atoms with van der Waals surface area (Å²) >= 11 is 7.62. The van der Waals surface area contributed by atoms with Crippen molar-refractivity contribution in [3.63, 3.8) is 0 Å². The molecule has 3 heteroatoms. The molecule has 0 aliphatic rings. The van der Waals surface area contributed by atoms with E-state index in [0.29, 0.717) is 0 Å². The molecule has 0 fully saturated rings. The maximum Gasteiger partial charge on any atom is 0.159 e. The van der Waals surface area contributed by atoms with Gasteiger partial charge in [-0.3, -0.25) is 4.79 Å². The Bertz CT molecular complexity index is 485. The number of halogens is 1. The Balaban J connectivity index is 2.40. The molecule has 0 saturated carbocycles. The zero-order valence-electron chi connectivity index (χ0n) is 8.16. The molecule has 0 N–H and O–H groups in total. The Hall–Kier alpha value is -1.12. The molecule has 1 nitrogen and oxygen atoms in total. The van der Waals surface area contributed by atoms with Crippen molar-refractivity contribution in [3.8, 4) is 10.4 Å². The summed E-state index contributed by atoms with van der Waals surface area (Å²) in [5, 5.41) is 2.71. The van der Waals surface area contributed by atoms with E-state index in [2.05, 4.69) is 0 Å². The molecular weight excluding hydrogens is 228 g/mol. The van der Waals surface area contributed by atoms with Crippen LogP contribution in [0.1, 0.15) is 17.3 Å². The van der Waals surface area contributed by atoms with Crippen molar-refractivity contribution in [1.82, 2.24) is 0 Å². The van der Waals surface area contributed by atoms with Gasteiger partial charge in [0.05, 0.1) is 9.90 Å². The van der Waals surface area contributed by atoms with Gasteiger partial charge in [-0.15, -0.1) is 11.3 Å². The minimum atomic E-state index is 0.0822. The molecule has 0 aliphatic heterocycles. The zero-order valence-corrected chi connectivity index (χ0v) is 9.73. The van der Waals surface area contributed by atoms with E-state index in [9.17, 15) is 4.79 Å². The Morgan fingerprint density at radius 3 is 2.33 bits per heavy atom. The fraction of sp³-hybridized carbons (Fsp3) is 0.0833. The number of carbonyl (C=O) groups excluding carboxylic acids is 1. The summed E-state index contributed by atoms with van der Waals surface area (Å²) in [5.41, 5.74) is 1.78. The number of hydrogen-bond acceptors (Lipinski definition) is 2. The van der Waals surface area contributed by atoms with Gasteiger partial charge >= 0.3 is 0 Å². The maximum atomic E-state index is 11.1. The van der Waals surface area contributed by atoms with Crippen LogP contribution in [0, 0.1) is 0 Å². The number of carbonyl (C=O) groups is 1. The van der Waals surface area contributed by atoms with Gasteiger partial charge in [0.25, 0.3) is 0 Å². The first kappa shape index (κ1) is 10.4. The highest BCUT2D eigenvalue weighted by molar-refractivity contribution is 7.14. The number of ketones is 1. The lowest BCUT2D eigenvalue weighted by molar-refractivity contribution is 0.101. The third-order valence-corrected chi connectivity index (χ3v) is 3.56. The van der Waals surface area contributed by atoms with E-state index in [1.807, 2.05) is 35.7 Å².